The molecule has 0 atom stereocenters. The Hall–Kier alpha value is -3.31. The molecular formula is C24H31N5O5S. The highest BCUT2D eigenvalue weighted by Gasteiger charge is 2.28. The third kappa shape index (κ3) is 5.51. The Kier molecular flexibility index (Phi) is 7.18. The Bertz CT molecular complexity index is 1210. The van der Waals surface area contributed by atoms with Gasteiger partial charge >= 0.3 is 6.03 Å². The molecular weight excluding hydrogens is 470 g/mol. The Morgan fingerprint density at radius 2 is 1.63 bits per heavy atom. The van der Waals surface area contributed by atoms with Crippen molar-refractivity contribution in [3.05, 3.63) is 47.5 Å². The highest BCUT2D eigenvalue weighted by molar-refractivity contribution is 7.90. The van der Waals surface area contributed by atoms with Crippen molar-refractivity contribution < 1.29 is 22.7 Å². The molecule has 3 amide bonds. The van der Waals surface area contributed by atoms with Crippen LogP contribution in [0.1, 0.15) is 18.1 Å². The van der Waals surface area contributed by atoms with E-state index >= 15 is 0 Å². The van der Waals surface area contributed by atoms with Gasteiger partial charge in [-0.1, -0.05) is 0 Å². The first-order chi connectivity index (χ1) is 16.7. The van der Waals surface area contributed by atoms with E-state index in [0.717, 1.165) is 55.7 Å². The third-order valence-electron chi connectivity index (χ3n) is 6.39. The molecule has 0 spiro atoms. The number of benzene rings is 2. The first kappa shape index (κ1) is 24.8. The van der Waals surface area contributed by atoms with Gasteiger partial charge in [0, 0.05) is 68.7 Å². The molecule has 1 fully saturated rings. The summed E-state index contributed by atoms with van der Waals surface area (Å²) >= 11 is 0. The van der Waals surface area contributed by atoms with Gasteiger partial charge in [0.2, 0.25) is 5.91 Å². The molecule has 2 heterocycles. The van der Waals surface area contributed by atoms with Crippen LogP contribution in [0.3, 0.4) is 0 Å². The summed E-state index contributed by atoms with van der Waals surface area (Å²) < 4.78 is 31.8. The van der Waals surface area contributed by atoms with Gasteiger partial charge in [-0.05, 0) is 49.9 Å². The summed E-state index contributed by atoms with van der Waals surface area (Å²) in [7, 11) is -0.140. The number of fused-ring (bicyclic) bond motifs is 1. The molecule has 2 aliphatic heterocycles. The van der Waals surface area contributed by atoms with Gasteiger partial charge in [-0.15, -0.1) is 0 Å². The SMILES string of the molecule is COc1ccc(N2CCN(C)CC2)c2c1CCN(C(=O)Nc1ccc(S(=O)(=O)NC(C)=O)cc1)C2. The number of likely N-dealkylation sites (N-methyl/N-ethyl adjacent to an activating group) is 1. The van der Waals surface area contributed by atoms with Crippen molar-refractivity contribution in [1.29, 1.82) is 0 Å². The molecule has 0 radical (unpaired) electrons. The van der Waals surface area contributed by atoms with E-state index in [1.165, 1.54) is 24.3 Å². The average Bonchev–Trinajstić information content (AvgIpc) is 2.83. The van der Waals surface area contributed by atoms with Crippen molar-refractivity contribution in [2.75, 3.05) is 57.1 Å². The molecule has 2 N–H and O–H groups in total. The molecule has 0 unspecified atom stereocenters. The molecule has 10 nitrogen and oxygen atoms in total. The number of anilines is 2. The number of ether oxygens (including phenoxy) is 1. The van der Waals surface area contributed by atoms with Crippen LogP contribution in [0, 0.1) is 0 Å². The summed E-state index contributed by atoms with van der Waals surface area (Å²) in [5.41, 5.74) is 3.85. The number of amides is 3. The molecule has 0 bridgehead atoms. The van der Waals surface area contributed by atoms with Crippen molar-refractivity contribution in [2.45, 2.75) is 24.8 Å². The molecule has 2 aliphatic rings. The highest BCUT2D eigenvalue weighted by Crippen LogP contribution is 2.36. The summed E-state index contributed by atoms with van der Waals surface area (Å²) in [5, 5.41) is 2.85. The zero-order valence-electron chi connectivity index (χ0n) is 20.2. The summed E-state index contributed by atoms with van der Waals surface area (Å²) in [6, 6.07) is 9.54. The fraction of sp³-hybridized carbons (Fsp3) is 0.417. The highest BCUT2D eigenvalue weighted by atomic mass is 32.2. The fourth-order valence-corrected chi connectivity index (χ4v) is 5.49. The van der Waals surface area contributed by atoms with E-state index in [2.05, 4.69) is 28.2 Å². The zero-order valence-corrected chi connectivity index (χ0v) is 21.0. The van der Waals surface area contributed by atoms with Gasteiger partial charge in [-0.2, -0.15) is 0 Å². The van der Waals surface area contributed by atoms with Gasteiger partial charge in [0.15, 0.2) is 0 Å². The first-order valence-corrected chi connectivity index (χ1v) is 13.0. The number of urea groups is 1. The van der Waals surface area contributed by atoms with Crippen LogP contribution in [0.15, 0.2) is 41.3 Å². The van der Waals surface area contributed by atoms with Gasteiger partial charge in [0.1, 0.15) is 5.75 Å². The van der Waals surface area contributed by atoms with Gasteiger partial charge in [0.25, 0.3) is 10.0 Å². The predicted octanol–water partition coefficient (Wildman–Crippen LogP) is 1.86. The van der Waals surface area contributed by atoms with E-state index in [9.17, 15) is 18.0 Å². The van der Waals surface area contributed by atoms with Crippen LogP contribution < -0.4 is 19.7 Å². The molecule has 0 aromatic heterocycles. The molecule has 2 aromatic rings. The summed E-state index contributed by atoms with van der Waals surface area (Å²) in [6.07, 6.45) is 0.682. The summed E-state index contributed by atoms with van der Waals surface area (Å²) in [5.74, 6) is 0.175. The summed E-state index contributed by atoms with van der Waals surface area (Å²) in [6.45, 7) is 5.95. The van der Waals surface area contributed by atoms with Crippen molar-refractivity contribution in [1.82, 2.24) is 14.5 Å². The zero-order chi connectivity index (χ0) is 25.2. The lowest BCUT2D eigenvalue weighted by Gasteiger charge is -2.38. The second-order valence-corrected chi connectivity index (χ2v) is 10.5. The van der Waals surface area contributed by atoms with Crippen LogP contribution in [0.2, 0.25) is 0 Å². The number of hydrogen-bond donors (Lipinski definition) is 2. The van der Waals surface area contributed by atoms with Crippen LogP contribution >= 0.6 is 0 Å². The lowest BCUT2D eigenvalue weighted by atomic mass is 9.96. The standard InChI is InChI=1S/C24H31N5O5S/c1-17(30)26-35(32,33)19-6-4-18(5-7-19)25-24(31)29-11-10-20-21(16-29)22(8-9-23(20)34-3)28-14-12-27(2)13-15-28/h4-9H,10-16H2,1-3H3,(H,25,31)(H,26,30). The van der Waals surface area contributed by atoms with Crippen molar-refractivity contribution >= 4 is 33.3 Å². The topological polar surface area (TPSA) is 111 Å². The number of carbonyl (C=O) groups is 2. The minimum atomic E-state index is -3.93. The van der Waals surface area contributed by atoms with Crippen LogP contribution in [-0.4, -0.2) is 77.0 Å². The van der Waals surface area contributed by atoms with E-state index in [1.54, 1.807) is 12.0 Å². The maximum atomic E-state index is 13.1. The molecule has 0 saturated carbocycles. The lowest BCUT2D eigenvalue weighted by molar-refractivity contribution is -0.117. The van der Waals surface area contributed by atoms with E-state index < -0.39 is 15.9 Å². The van der Waals surface area contributed by atoms with E-state index in [1.807, 2.05) is 10.8 Å². The molecule has 188 valence electrons. The third-order valence-corrected chi connectivity index (χ3v) is 7.84. The number of methoxy groups -OCH3 is 1. The number of nitrogens with zero attached hydrogens (tertiary/aromatic N) is 3. The number of rotatable bonds is 5. The Morgan fingerprint density at radius 1 is 0.943 bits per heavy atom. The molecule has 1 saturated heterocycles. The van der Waals surface area contributed by atoms with Gasteiger partial charge in [-0.3, -0.25) is 4.79 Å². The van der Waals surface area contributed by atoms with Gasteiger partial charge < -0.3 is 24.8 Å². The molecule has 35 heavy (non-hydrogen) atoms. The number of carbonyl (C=O) groups excluding carboxylic acids is 2. The Morgan fingerprint density at radius 3 is 2.26 bits per heavy atom. The van der Waals surface area contributed by atoms with Crippen LogP contribution in [0.4, 0.5) is 16.2 Å². The van der Waals surface area contributed by atoms with Crippen molar-refractivity contribution in [2.24, 2.45) is 0 Å². The number of sulfonamides is 1. The lowest BCUT2D eigenvalue weighted by Crippen LogP contribution is -2.46. The second kappa shape index (κ2) is 10.1. The normalized spacial score (nSPS) is 16.4. The second-order valence-electron chi connectivity index (χ2n) is 8.82. The predicted molar refractivity (Wildman–Crippen MR) is 133 cm³/mol. The van der Waals surface area contributed by atoms with Crippen LogP contribution in [0.25, 0.3) is 0 Å². The smallest absolute Gasteiger partial charge is 0.322 e. The molecule has 11 heteroatoms. The quantitative estimate of drug-likeness (QED) is 0.643. The van der Waals surface area contributed by atoms with Gasteiger partial charge in [0.05, 0.1) is 12.0 Å². The largest absolute Gasteiger partial charge is 0.496 e. The summed E-state index contributed by atoms with van der Waals surface area (Å²) in [4.78, 5) is 30.6. The monoisotopic (exact) mass is 501 g/mol. The number of piperazine rings is 1. The van der Waals surface area contributed by atoms with E-state index in [4.69, 9.17) is 4.74 Å². The Balaban J connectivity index is 1.50. The van der Waals surface area contributed by atoms with E-state index in [-0.39, 0.29) is 10.9 Å². The van der Waals surface area contributed by atoms with Crippen molar-refractivity contribution in [3.63, 3.8) is 0 Å². The number of hydrogen-bond acceptors (Lipinski definition) is 7. The number of nitrogens with one attached hydrogen (secondary N) is 2. The van der Waals surface area contributed by atoms with E-state index in [0.29, 0.717) is 25.2 Å². The minimum Gasteiger partial charge on any atom is -0.496 e. The molecule has 0 aliphatic carbocycles. The average molecular weight is 502 g/mol. The maximum Gasteiger partial charge on any atom is 0.322 e. The minimum absolute atomic E-state index is 0.0542. The molecule has 2 aromatic carbocycles. The van der Waals surface area contributed by atoms with Gasteiger partial charge in [-0.25, -0.2) is 17.9 Å². The Labute approximate surface area is 205 Å². The van der Waals surface area contributed by atoms with Crippen LogP contribution in [-0.2, 0) is 27.8 Å². The fourth-order valence-electron chi connectivity index (χ4n) is 4.50. The van der Waals surface area contributed by atoms with Crippen molar-refractivity contribution in [3.8, 4) is 5.75 Å². The maximum absolute atomic E-state index is 13.1. The van der Waals surface area contributed by atoms with Crippen LogP contribution in [0.5, 0.6) is 5.75 Å². The molecule has 4 rings (SSSR count). The first-order valence-electron chi connectivity index (χ1n) is 11.5.